The van der Waals surface area contributed by atoms with Crippen LogP contribution in [0.2, 0.25) is 0 Å². The fourth-order valence-electron chi connectivity index (χ4n) is 3.72. The summed E-state index contributed by atoms with van der Waals surface area (Å²) in [5, 5.41) is 2.48. The quantitative estimate of drug-likeness (QED) is 0.393. The minimum Gasteiger partial charge on any atom is -0.497 e. The third-order valence-electron chi connectivity index (χ3n) is 5.41. The number of nitrogens with two attached hydrogens (primary N) is 1. The minimum absolute atomic E-state index is 0.0538. The van der Waals surface area contributed by atoms with Crippen LogP contribution in [0.4, 0.5) is 5.13 Å². The van der Waals surface area contributed by atoms with Crippen molar-refractivity contribution in [3.8, 4) is 5.75 Å². The lowest BCUT2D eigenvalue weighted by Crippen LogP contribution is -2.11. The maximum Gasteiger partial charge on any atom is 0.182 e. The predicted molar refractivity (Wildman–Crippen MR) is 129 cm³/mol. The maximum absolute atomic E-state index is 13.0. The standard InChI is InChI=1S/C25H24N2O3S2/c1-30-21-13-11-18(12-14-21)23(24-16-31-25(26)27-24)15-19-7-5-6-8-20(19)17-32(28,29)22-9-3-2-4-10-22/h2-14,16,23H,15,17H2,1H3,(H2,26,27). The largest absolute Gasteiger partial charge is 0.497 e. The molecule has 164 valence electrons. The average molecular weight is 465 g/mol. The number of hydrogen-bond acceptors (Lipinski definition) is 6. The lowest BCUT2D eigenvalue weighted by molar-refractivity contribution is 0.414. The molecule has 1 heterocycles. The summed E-state index contributed by atoms with van der Waals surface area (Å²) >= 11 is 1.40. The number of benzene rings is 3. The first kappa shape index (κ1) is 22.0. The van der Waals surface area contributed by atoms with E-state index in [1.54, 1.807) is 31.4 Å². The van der Waals surface area contributed by atoms with Gasteiger partial charge in [-0.1, -0.05) is 54.6 Å². The van der Waals surface area contributed by atoms with E-state index in [0.29, 0.717) is 16.4 Å². The van der Waals surface area contributed by atoms with E-state index in [4.69, 9.17) is 10.5 Å². The number of thiazole rings is 1. The molecule has 0 aliphatic heterocycles. The first-order valence-electron chi connectivity index (χ1n) is 10.2. The zero-order valence-corrected chi connectivity index (χ0v) is 19.3. The van der Waals surface area contributed by atoms with Gasteiger partial charge in [0.1, 0.15) is 5.75 Å². The van der Waals surface area contributed by atoms with Crippen LogP contribution in [0.25, 0.3) is 0 Å². The molecule has 0 bridgehead atoms. The number of anilines is 1. The molecule has 2 N–H and O–H groups in total. The fraction of sp³-hybridized carbons (Fsp3) is 0.160. The molecule has 5 nitrogen and oxygen atoms in total. The van der Waals surface area contributed by atoms with Crippen molar-refractivity contribution < 1.29 is 13.2 Å². The second kappa shape index (κ2) is 9.54. The van der Waals surface area contributed by atoms with Gasteiger partial charge in [0.05, 0.1) is 23.5 Å². The summed E-state index contributed by atoms with van der Waals surface area (Å²) in [6, 6.07) is 24.1. The number of hydrogen-bond donors (Lipinski definition) is 1. The molecule has 0 radical (unpaired) electrons. The van der Waals surface area contributed by atoms with Gasteiger partial charge in [0, 0.05) is 11.3 Å². The topological polar surface area (TPSA) is 82.3 Å². The van der Waals surface area contributed by atoms with Crippen LogP contribution in [0.15, 0.2) is 89.1 Å². The summed E-state index contributed by atoms with van der Waals surface area (Å²) in [5.74, 6) is 0.663. The number of sulfone groups is 1. The Morgan fingerprint density at radius 3 is 2.22 bits per heavy atom. The molecule has 4 rings (SSSR count). The zero-order chi connectivity index (χ0) is 22.6. The smallest absolute Gasteiger partial charge is 0.182 e. The Bertz CT molecular complexity index is 1280. The predicted octanol–water partition coefficient (Wildman–Crippen LogP) is 5.08. The first-order chi connectivity index (χ1) is 15.5. The Labute approximate surface area is 192 Å². The molecule has 4 aromatic rings. The number of nitrogen functional groups attached to an aromatic ring is 1. The van der Waals surface area contributed by atoms with Gasteiger partial charge >= 0.3 is 0 Å². The summed E-state index contributed by atoms with van der Waals surface area (Å²) in [7, 11) is -1.82. The second-order valence-electron chi connectivity index (χ2n) is 7.48. The molecule has 32 heavy (non-hydrogen) atoms. The van der Waals surface area contributed by atoms with Crippen LogP contribution in [-0.4, -0.2) is 20.5 Å². The first-order valence-corrected chi connectivity index (χ1v) is 12.7. The van der Waals surface area contributed by atoms with Crippen LogP contribution in [0, 0.1) is 0 Å². The molecule has 0 aliphatic carbocycles. The molecule has 3 aromatic carbocycles. The van der Waals surface area contributed by atoms with Crippen molar-refractivity contribution in [1.82, 2.24) is 4.98 Å². The normalized spacial score (nSPS) is 12.4. The molecule has 0 amide bonds. The maximum atomic E-state index is 13.0. The van der Waals surface area contributed by atoms with Gasteiger partial charge < -0.3 is 10.5 Å². The molecular formula is C25H24N2O3S2. The molecule has 0 saturated heterocycles. The molecule has 1 aromatic heterocycles. The minimum atomic E-state index is -3.46. The van der Waals surface area contributed by atoms with E-state index in [9.17, 15) is 8.42 Å². The van der Waals surface area contributed by atoms with Crippen molar-refractivity contribution in [2.75, 3.05) is 12.8 Å². The Balaban J connectivity index is 1.69. The number of aromatic nitrogens is 1. The Hall–Kier alpha value is -3.16. The number of methoxy groups -OCH3 is 1. The van der Waals surface area contributed by atoms with Gasteiger partial charge in [-0.15, -0.1) is 11.3 Å². The molecule has 7 heteroatoms. The van der Waals surface area contributed by atoms with Gasteiger partial charge in [-0.25, -0.2) is 13.4 Å². The highest BCUT2D eigenvalue weighted by atomic mass is 32.2. The van der Waals surface area contributed by atoms with E-state index in [1.165, 1.54) is 11.3 Å². The average Bonchev–Trinajstić information content (AvgIpc) is 3.25. The monoisotopic (exact) mass is 464 g/mol. The van der Waals surface area contributed by atoms with Crippen LogP contribution in [0.1, 0.15) is 28.3 Å². The highest BCUT2D eigenvalue weighted by molar-refractivity contribution is 7.90. The Morgan fingerprint density at radius 1 is 0.938 bits per heavy atom. The van der Waals surface area contributed by atoms with Crippen molar-refractivity contribution in [3.63, 3.8) is 0 Å². The molecule has 0 aliphatic rings. The van der Waals surface area contributed by atoms with Gasteiger partial charge in [-0.3, -0.25) is 0 Å². The highest BCUT2D eigenvalue weighted by Crippen LogP contribution is 2.33. The van der Waals surface area contributed by atoms with Crippen LogP contribution in [0.5, 0.6) is 5.75 Å². The van der Waals surface area contributed by atoms with Crippen molar-refractivity contribution in [1.29, 1.82) is 0 Å². The van der Waals surface area contributed by atoms with E-state index in [2.05, 4.69) is 4.98 Å². The van der Waals surface area contributed by atoms with Crippen molar-refractivity contribution >= 4 is 26.3 Å². The number of ether oxygens (including phenoxy) is 1. The van der Waals surface area contributed by atoms with Crippen molar-refractivity contribution in [2.24, 2.45) is 0 Å². The summed E-state index contributed by atoms with van der Waals surface area (Å²) in [4.78, 5) is 4.85. The van der Waals surface area contributed by atoms with Crippen LogP contribution in [-0.2, 0) is 22.0 Å². The van der Waals surface area contributed by atoms with Gasteiger partial charge in [-0.2, -0.15) is 0 Å². The molecule has 1 atom stereocenters. The zero-order valence-electron chi connectivity index (χ0n) is 17.6. The van der Waals surface area contributed by atoms with E-state index in [0.717, 1.165) is 28.1 Å². The molecular weight excluding hydrogens is 440 g/mol. The van der Waals surface area contributed by atoms with Crippen molar-refractivity contribution in [2.45, 2.75) is 23.0 Å². The third-order valence-corrected chi connectivity index (χ3v) is 7.78. The highest BCUT2D eigenvalue weighted by Gasteiger charge is 2.22. The van der Waals surface area contributed by atoms with Gasteiger partial charge in [0.2, 0.25) is 0 Å². The third kappa shape index (κ3) is 5.00. The Kier molecular flexibility index (Phi) is 6.58. The van der Waals surface area contributed by atoms with Gasteiger partial charge in [0.15, 0.2) is 15.0 Å². The molecule has 0 fully saturated rings. The van der Waals surface area contributed by atoms with E-state index in [1.807, 2.05) is 60.0 Å². The Morgan fingerprint density at radius 2 is 1.59 bits per heavy atom. The van der Waals surface area contributed by atoms with Crippen LogP contribution < -0.4 is 10.5 Å². The molecule has 0 saturated carbocycles. The summed E-state index contributed by atoms with van der Waals surface area (Å²) in [5.41, 5.74) is 9.62. The summed E-state index contributed by atoms with van der Waals surface area (Å²) < 4.78 is 31.3. The van der Waals surface area contributed by atoms with Crippen LogP contribution in [0.3, 0.4) is 0 Å². The SMILES string of the molecule is COc1ccc(C(Cc2ccccc2CS(=O)(=O)c2ccccc2)c2csc(N)n2)cc1. The van der Waals surface area contributed by atoms with E-state index < -0.39 is 9.84 Å². The van der Waals surface area contributed by atoms with E-state index in [-0.39, 0.29) is 11.7 Å². The second-order valence-corrected chi connectivity index (χ2v) is 10.4. The van der Waals surface area contributed by atoms with E-state index >= 15 is 0 Å². The summed E-state index contributed by atoms with van der Waals surface area (Å²) in [6.07, 6.45) is 0.607. The lowest BCUT2D eigenvalue weighted by atomic mass is 9.88. The van der Waals surface area contributed by atoms with Gasteiger partial charge in [0.25, 0.3) is 0 Å². The lowest BCUT2D eigenvalue weighted by Gasteiger charge is -2.18. The molecule has 1 unspecified atom stereocenters. The number of rotatable bonds is 8. The van der Waals surface area contributed by atoms with Crippen LogP contribution >= 0.6 is 11.3 Å². The van der Waals surface area contributed by atoms with Gasteiger partial charge in [-0.05, 0) is 47.4 Å². The summed E-state index contributed by atoms with van der Waals surface area (Å²) in [6.45, 7) is 0. The number of nitrogens with zero attached hydrogens (tertiary/aromatic N) is 1. The molecule has 0 spiro atoms. The van der Waals surface area contributed by atoms with Crippen molar-refractivity contribution in [3.05, 3.63) is 107 Å². The fourth-order valence-corrected chi connectivity index (χ4v) is 5.77.